The maximum absolute atomic E-state index is 6.43. The van der Waals surface area contributed by atoms with Crippen LogP contribution in [0.4, 0.5) is 0 Å². The largest absolute Gasteiger partial charge is 0.327 e. The molecule has 1 aliphatic rings. The normalized spacial score (nSPS) is 21.2. The maximum Gasteiger partial charge on any atom is 0.0943 e. The zero-order valence-electron chi connectivity index (χ0n) is 10.3. The predicted molar refractivity (Wildman–Crippen MR) is 69.7 cm³/mol. The second-order valence-corrected chi connectivity index (χ2v) is 6.06. The monoisotopic (exact) mass is 238 g/mol. The molecule has 0 spiro atoms. The summed E-state index contributed by atoms with van der Waals surface area (Å²) in [5.74, 6) is 0. The minimum Gasteiger partial charge on any atom is -0.327 e. The minimum absolute atomic E-state index is 0.297. The van der Waals surface area contributed by atoms with Crippen LogP contribution in [0.25, 0.3) is 0 Å². The molecule has 1 unspecified atom stereocenters. The first-order chi connectivity index (χ1) is 7.66. The van der Waals surface area contributed by atoms with Crippen LogP contribution in [-0.2, 0) is 6.42 Å². The molecular weight excluding hydrogens is 216 g/mol. The van der Waals surface area contributed by atoms with Crippen molar-refractivity contribution >= 4 is 11.3 Å². The Balaban J connectivity index is 2.03. The highest BCUT2D eigenvalue weighted by Gasteiger charge is 2.37. The van der Waals surface area contributed by atoms with Crippen LogP contribution in [0.15, 0.2) is 5.38 Å². The molecule has 0 saturated heterocycles. The molecule has 1 saturated carbocycles. The lowest BCUT2D eigenvalue weighted by molar-refractivity contribution is 0.218. The van der Waals surface area contributed by atoms with Crippen molar-refractivity contribution in [2.45, 2.75) is 58.4 Å². The molecule has 0 bridgehead atoms. The number of nitrogens with zero attached hydrogens (tertiary/aromatic N) is 1. The third kappa shape index (κ3) is 2.30. The summed E-state index contributed by atoms with van der Waals surface area (Å²) in [7, 11) is 0. The van der Waals surface area contributed by atoms with Crippen LogP contribution in [0.3, 0.4) is 0 Å². The van der Waals surface area contributed by atoms with Crippen LogP contribution in [-0.4, -0.2) is 11.0 Å². The number of thiazole rings is 1. The summed E-state index contributed by atoms with van der Waals surface area (Å²) in [4.78, 5) is 4.53. The summed E-state index contributed by atoms with van der Waals surface area (Å²) in [5.41, 5.74) is 7.96. The molecule has 16 heavy (non-hydrogen) atoms. The summed E-state index contributed by atoms with van der Waals surface area (Å²) < 4.78 is 0. The Hall–Kier alpha value is -0.410. The molecule has 1 atom stereocenters. The minimum atomic E-state index is 0.297. The third-order valence-electron chi connectivity index (χ3n) is 4.15. The van der Waals surface area contributed by atoms with Gasteiger partial charge in [-0.1, -0.05) is 19.8 Å². The Morgan fingerprint density at radius 2 is 2.19 bits per heavy atom. The lowest BCUT2D eigenvalue weighted by atomic mass is 9.75. The first-order valence-corrected chi connectivity index (χ1v) is 7.21. The van der Waals surface area contributed by atoms with E-state index in [1.165, 1.54) is 37.1 Å². The highest BCUT2D eigenvalue weighted by molar-refractivity contribution is 7.09. The Kier molecular flexibility index (Phi) is 3.65. The Morgan fingerprint density at radius 1 is 1.50 bits per heavy atom. The molecule has 1 aromatic rings. The van der Waals surface area contributed by atoms with Crippen LogP contribution >= 0.6 is 11.3 Å². The van der Waals surface area contributed by atoms with E-state index < -0.39 is 0 Å². The van der Waals surface area contributed by atoms with Gasteiger partial charge in [-0.25, -0.2) is 4.98 Å². The topological polar surface area (TPSA) is 38.9 Å². The number of nitrogens with two attached hydrogens (primary N) is 1. The van der Waals surface area contributed by atoms with E-state index in [9.17, 15) is 0 Å². The second-order valence-electron chi connectivity index (χ2n) is 5.12. The van der Waals surface area contributed by atoms with Crippen LogP contribution in [0.1, 0.15) is 49.7 Å². The van der Waals surface area contributed by atoms with Crippen molar-refractivity contribution in [1.82, 2.24) is 4.98 Å². The first-order valence-electron chi connectivity index (χ1n) is 6.33. The van der Waals surface area contributed by atoms with E-state index in [4.69, 9.17) is 5.73 Å². The van der Waals surface area contributed by atoms with Gasteiger partial charge in [-0.3, -0.25) is 0 Å². The third-order valence-corrected chi connectivity index (χ3v) is 5.14. The van der Waals surface area contributed by atoms with Crippen molar-refractivity contribution in [1.29, 1.82) is 0 Å². The molecule has 1 fully saturated rings. The van der Waals surface area contributed by atoms with E-state index in [1.807, 2.05) is 0 Å². The van der Waals surface area contributed by atoms with Gasteiger partial charge in [-0.2, -0.15) is 0 Å². The quantitative estimate of drug-likeness (QED) is 0.874. The molecule has 2 N–H and O–H groups in total. The fraction of sp³-hybridized carbons (Fsp3) is 0.769. The Labute approximate surface area is 102 Å². The molecule has 1 heterocycles. The SMILES string of the molecule is CCC1(C(N)Cc2nc(C)cs2)CCCC1. The van der Waals surface area contributed by atoms with E-state index in [2.05, 4.69) is 24.2 Å². The Morgan fingerprint density at radius 3 is 2.69 bits per heavy atom. The van der Waals surface area contributed by atoms with Crippen LogP contribution < -0.4 is 5.73 Å². The molecule has 2 rings (SSSR count). The number of aryl methyl sites for hydroxylation is 1. The molecular formula is C13H22N2S. The van der Waals surface area contributed by atoms with Gasteiger partial charge >= 0.3 is 0 Å². The maximum atomic E-state index is 6.43. The van der Waals surface area contributed by atoms with Crippen molar-refractivity contribution in [2.75, 3.05) is 0 Å². The summed E-state index contributed by atoms with van der Waals surface area (Å²) in [6, 6.07) is 0.297. The molecule has 2 nitrogen and oxygen atoms in total. The summed E-state index contributed by atoms with van der Waals surface area (Å²) in [5, 5.41) is 3.33. The van der Waals surface area contributed by atoms with Crippen molar-refractivity contribution in [3.05, 3.63) is 16.1 Å². The lowest BCUT2D eigenvalue weighted by Gasteiger charge is -2.34. The van der Waals surface area contributed by atoms with Crippen LogP contribution in [0.5, 0.6) is 0 Å². The molecule has 3 heteroatoms. The lowest BCUT2D eigenvalue weighted by Crippen LogP contribution is -2.41. The van der Waals surface area contributed by atoms with Gasteiger partial charge in [0.2, 0.25) is 0 Å². The highest BCUT2D eigenvalue weighted by atomic mass is 32.1. The van der Waals surface area contributed by atoms with Gasteiger partial charge in [-0.05, 0) is 31.6 Å². The zero-order chi connectivity index (χ0) is 11.6. The number of hydrogen-bond acceptors (Lipinski definition) is 3. The van der Waals surface area contributed by atoms with Crippen LogP contribution in [0, 0.1) is 12.3 Å². The smallest absolute Gasteiger partial charge is 0.0943 e. The van der Waals surface area contributed by atoms with Crippen LogP contribution in [0.2, 0.25) is 0 Å². The zero-order valence-corrected chi connectivity index (χ0v) is 11.1. The Bertz CT molecular complexity index is 339. The molecule has 1 aliphatic carbocycles. The fourth-order valence-electron chi connectivity index (χ4n) is 2.97. The number of rotatable bonds is 4. The van der Waals surface area contributed by atoms with Gasteiger partial charge in [-0.15, -0.1) is 11.3 Å². The highest BCUT2D eigenvalue weighted by Crippen LogP contribution is 2.44. The standard InChI is InChI=1S/C13H22N2S/c1-3-13(6-4-5-7-13)11(14)8-12-15-10(2)9-16-12/h9,11H,3-8,14H2,1-2H3. The average molecular weight is 238 g/mol. The van der Waals surface area contributed by atoms with E-state index in [0.29, 0.717) is 11.5 Å². The van der Waals surface area contributed by atoms with Crippen molar-refractivity contribution < 1.29 is 0 Å². The van der Waals surface area contributed by atoms with Gasteiger partial charge in [0.15, 0.2) is 0 Å². The van der Waals surface area contributed by atoms with Gasteiger partial charge in [0.25, 0.3) is 0 Å². The molecule has 0 aromatic carbocycles. The van der Waals surface area contributed by atoms with E-state index in [1.54, 1.807) is 11.3 Å². The van der Waals surface area contributed by atoms with Crippen molar-refractivity contribution in [2.24, 2.45) is 11.1 Å². The van der Waals surface area contributed by atoms with Crippen molar-refractivity contribution in [3.63, 3.8) is 0 Å². The summed E-state index contributed by atoms with van der Waals surface area (Å²) >= 11 is 1.75. The molecule has 0 radical (unpaired) electrons. The first kappa shape index (κ1) is 12.1. The second kappa shape index (κ2) is 4.84. The summed E-state index contributed by atoms with van der Waals surface area (Å²) in [6.45, 7) is 4.34. The van der Waals surface area contributed by atoms with Gasteiger partial charge in [0, 0.05) is 23.5 Å². The molecule has 1 aromatic heterocycles. The average Bonchev–Trinajstić information content (AvgIpc) is 2.88. The van der Waals surface area contributed by atoms with Gasteiger partial charge in [0.1, 0.15) is 0 Å². The summed E-state index contributed by atoms with van der Waals surface area (Å²) in [6.07, 6.45) is 7.53. The van der Waals surface area contributed by atoms with E-state index in [-0.39, 0.29) is 0 Å². The van der Waals surface area contributed by atoms with E-state index in [0.717, 1.165) is 12.1 Å². The number of aromatic nitrogens is 1. The predicted octanol–water partition coefficient (Wildman–Crippen LogP) is 3.29. The van der Waals surface area contributed by atoms with Crippen molar-refractivity contribution in [3.8, 4) is 0 Å². The molecule has 0 aliphatic heterocycles. The molecule has 0 amide bonds. The molecule has 90 valence electrons. The van der Waals surface area contributed by atoms with E-state index >= 15 is 0 Å². The van der Waals surface area contributed by atoms with Gasteiger partial charge < -0.3 is 5.73 Å². The number of hydrogen-bond donors (Lipinski definition) is 1. The van der Waals surface area contributed by atoms with Gasteiger partial charge in [0.05, 0.1) is 5.01 Å². The fourth-order valence-corrected chi connectivity index (χ4v) is 3.80.